The van der Waals surface area contributed by atoms with Gasteiger partial charge >= 0.3 is 5.91 Å². The minimum absolute atomic E-state index is 0.00204. The van der Waals surface area contributed by atoms with E-state index in [1.54, 1.807) is 0 Å². The molecule has 14 heavy (non-hydrogen) atoms. The molecule has 0 aromatic carbocycles. The van der Waals surface area contributed by atoms with Gasteiger partial charge in [-0.2, -0.15) is 0 Å². The fourth-order valence-electron chi connectivity index (χ4n) is 1.98. The van der Waals surface area contributed by atoms with E-state index in [0.717, 1.165) is 31.8 Å². The summed E-state index contributed by atoms with van der Waals surface area (Å²) in [7, 11) is 0. The zero-order valence-electron chi connectivity index (χ0n) is 8.99. The van der Waals surface area contributed by atoms with Crippen molar-refractivity contribution < 1.29 is 4.79 Å². The van der Waals surface area contributed by atoms with Crippen molar-refractivity contribution in [2.45, 2.75) is 26.7 Å². The Hall–Kier alpha value is -1.04. The van der Waals surface area contributed by atoms with E-state index < -0.39 is 0 Å². The molecule has 0 radical (unpaired) electrons. The lowest BCUT2D eigenvalue weighted by Gasteiger charge is -2.32. The molecule has 1 saturated heterocycles. The molecule has 1 aliphatic heterocycles. The van der Waals surface area contributed by atoms with Gasteiger partial charge in [-0.15, -0.1) is 0 Å². The monoisotopic (exact) mass is 194 g/mol. The lowest BCUT2D eigenvalue weighted by Crippen LogP contribution is -2.40. The van der Waals surface area contributed by atoms with E-state index in [1.165, 1.54) is 0 Å². The second-order valence-corrected chi connectivity index (χ2v) is 4.28. The van der Waals surface area contributed by atoms with Crippen LogP contribution in [0.2, 0.25) is 0 Å². The summed E-state index contributed by atoms with van der Waals surface area (Å²) in [6.45, 7) is 12.8. The van der Waals surface area contributed by atoms with Crippen LogP contribution in [0.25, 0.3) is 4.85 Å². The summed E-state index contributed by atoms with van der Waals surface area (Å²) in [4.78, 5) is 16.3. The molecule has 0 atom stereocenters. The highest BCUT2D eigenvalue weighted by Gasteiger charge is 2.25. The number of rotatable bonds is 2. The summed E-state index contributed by atoms with van der Waals surface area (Å²) in [6.07, 6.45) is 2.20. The molecular weight excluding hydrogens is 176 g/mol. The average Bonchev–Trinajstić information content (AvgIpc) is 2.18. The van der Waals surface area contributed by atoms with Gasteiger partial charge in [0.05, 0.1) is 0 Å². The first-order valence-corrected chi connectivity index (χ1v) is 5.26. The van der Waals surface area contributed by atoms with Crippen molar-refractivity contribution in [2.24, 2.45) is 11.8 Å². The minimum atomic E-state index is 0.00204. The molecule has 0 unspecified atom stereocenters. The number of likely N-dealkylation sites (tertiary alicyclic amines) is 1. The van der Waals surface area contributed by atoms with Crippen LogP contribution >= 0.6 is 0 Å². The van der Waals surface area contributed by atoms with Gasteiger partial charge in [-0.05, 0) is 24.7 Å². The molecule has 1 fully saturated rings. The van der Waals surface area contributed by atoms with Crippen LogP contribution in [-0.2, 0) is 4.79 Å². The number of hydrogen-bond acceptors (Lipinski definition) is 1. The van der Waals surface area contributed by atoms with Crippen molar-refractivity contribution in [3.8, 4) is 0 Å². The zero-order chi connectivity index (χ0) is 10.6. The normalized spacial score (nSPS) is 18.3. The minimum Gasteiger partial charge on any atom is -0.336 e. The molecule has 3 nitrogen and oxygen atoms in total. The Bertz CT molecular complexity index is 234. The van der Waals surface area contributed by atoms with Gasteiger partial charge in [-0.3, -0.25) is 4.79 Å². The van der Waals surface area contributed by atoms with Crippen molar-refractivity contribution in [1.82, 2.24) is 4.90 Å². The van der Waals surface area contributed by atoms with Gasteiger partial charge in [0.25, 0.3) is 6.54 Å². The second kappa shape index (κ2) is 4.99. The van der Waals surface area contributed by atoms with Crippen molar-refractivity contribution >= 4 is 5.91 Å². The topological polar surface area (TPSA) is 24.7 Å². The van der Waals surface area contributed by atoms with E-state index in [9.17, 15) is 4.79 Å². The number of carbonyl (C=O) groups excluding carboxylic acids is 1. The molecule has 1 rings (SSSR count). The molecule has 0 aromatic heterocycles. The molecule has 3 heteroatoms. The number of piperidine rings is 1. The molecule has 1 aliphatic rings. The Kier molecular flexibility index (Phi) is 3.94. The first-order chi connectivity index (χ1) is 6.65. The Morgan fingerprint density at radius 1 is 1.50 bits per heavy atom. The lowest BCUT2D eigenvalue weighted by molar-refractivity contribution is -0.130. The Balaban J connectivity index is 2.36. The third-order valence-electron chi connectivity index (χ3n) is 3.05. The molecular formula is C11H18N2O. The molecule has 0 bridgehead atoms. The molecule has 78 valence electrons. The molecule has 1 heterocycles. The van der Waals surface area contributed by atoms with Crippen LogP contribution in [0, 0.1) is 18.4 Å². The zero-order valence-corrected chi connectivity index (χ0v) is 8.99. The van der Waals surface area contributed by atoms with E-state index in [0.29, 0.717) is 5.92 Å². The largest absolute Gasteiger partial charge is 0.336 e. The molecule has 0 saturated carbocycles. The van der Waals surface area contributed by atoms with Gasteiger partial charge in [0.2, 0.25) is 0 Å². The quantitative estimate of drug-likeness (QED) is 0.615. The summed E-state index contributed by atoms with van der Waals surface area (Å²) in [5.41, 5.74) is 0. The van der Waals surface area contributed by atoms with Crippen LogP contribution in [0.15, 0.2) is 0 Å². The van der Waals surface area contributed by atoms with Crippen LogP contribution in [0.1, 0.15) is 26.7 Å². The fourth-order valence-corrected chi connectivity index (χ4v) is 1.98. The lowest BCUT2D eigenvalue weighted by atomic mass is 9.87. The highest BCUT2D eigenvalue weighted by molar-refractivity contribution is 5.79. The third-order valence-corrected chi connectivity index (χ3v) is 3.05. The van der Waals surface area contributed by atoms with Crippen molar-refractivity contribution in [3.05, 3.63) is 11.4 Å². The van der Waals surface area contributed by atoms with Crippen molar-refractivity contribution in [3.63, 3.8) is 0 Å². The average molecular weight is 194 g/mol. The maximum atomic E-state index is 11.4. The van der Waals surface area contributed by atoms with Gasteiger partial charge in [-0.25, -0.2) is 6.57 Å². The summed E-state index contributed by atoms with van der Waals surface area (Å²) in [5, 5.41) is 0. The van der Waals surface area contributed by atoms with Crippen LogP contribution in [0.3, 0.4) is 0 Å². The smallest absolute Gasteiger partial charge is 0.302 e. The molecule has 1 amide bonds. The predicted octanol–water partition coefficient (Wildman–Crippen LogP) is 1.80. The second-order valence-electron chi connectivity index (χ2n) is 4.28. The van der Waals surface area contributed by atoms with E-state index >= 15 is 0 Å². The van der Waals surface area contributed by atoms with Crippen LogP contribution in [-0.4, -0.2) is 30.4 Å². The maximum Gasteiger partial charge on any atom is 0.302 e. The summed E-state index contributed by atoms with van der Waals surface area (Å²) >= 11 is 0. The predicted molar refractivity (Wildman–Crippen MR) is 55.6 cm³/mol. The summed E-state index contributed by atoms with van der Waals surface area (Å²) in [6, 6.07) is 0. The Morgan fingerprint density at radius 3 is 2.50 bits per heavy atom. The molecule has 0 spiro atoms. The highest BCUT2D eigenvalue weighted by Crippen LogP contribution is 2.24. The number of amides is 1. The van der Waals surface area contributed by atoms with Gasteiger partial charge in [0, 0.05) is 13.1 Å². The first kappa shape index (κ1) is 11.0. The molecule has 0 N–H and O–H groups in total. The number of nitrogens with zero attached hydrogens (tertiary/aromatic N) is 2. The Morgan fingerprint density at radius 2 is 2.07 bits per heavy atom. The van der Waals surface area contributed by atoms with Gasteiger partial charge in [0.1, 0.15) is 0 Å². The van der Waals surface area contributed by atoms with Gasteiger partial charge in [-0.1, -0.05) is 13.8 Å². The van der Waals surface area contributed by atoms with Gasteiger partial charge in [0.15, 0.2) is 0 Å². The highest BCUT2D eigenvalue weighted by atomic mass is 16.2. The SMILES string of the molecule is [C-]#[N+]CC(=O)N1CCC(C(C)C)CC1. The van der Waals surface area contributed by atoms with Crippen LogP contribution in [0.4, 0.5) is 0 Å². The standard InChI is InChI=1S/C11H18N2O/c1-9(2)10-4-6-13(7-5-10)11(14)8-12-3/h9-10H,4-8H2,1-2H3. The molecule has 0 aliphatic carbocycles. The fraction of sp³-hybridized carbons (Fsp3) is 0.818. The Labute approximate surface area is 85.9 Å². The van der Waals surface area contributed by atoms with Crippen LogP contribution < -0.4 is 0 Å². The van der Waals surface area contributed by atoms with Crippen LogP contribution in [0.5, 0.6) is 0 Å². The summed E-state index contributed by atoms with van der Waals surface area (Å²) < 4.78 is 0. The summed E-state index contributed by atoms with van der Waals surface area (Å²) in [5.74, 6) is 1.47. The van der Waals surface area contributed by atoms with Gasteiger partial charge < -0.3 is 9.74 Å². The van der Waals surface area contributed by atoms with Crippen molar-refractivity contribution in [1.29, 1.82) is 0 Å². The van der Waals surface area contributed by atoms with Crippen molar-refractivity contribution in [2.75, 3.05) is 19.6 Å². The number of hydrogen-bond donors (Lipinski definition) is 0. The van der Waals surface area contributed by atoms with E-state index in [-0.39, 0.29) is 12.5 Å². The maximum absolute atomic E-state index is 11.4. The van der Waals surface area contributed by atoms with E-state index in [1.807, 2.05) is 4.90 Å². The van der Waals surface area contributed by atoms with E-state index in [4.69, 9.17) is 6.57 Å². The third kappa shape index (κ3) is 2.73. The molecule has 0 aromatic rings. The van der Waals surface area contributed by atoms with E-state index in [2.05, 4.69) is 18.7 Å². The first-order valence-electron chi connectivity index (χ1n) is 5.26. The number of carbonyl (C=O) groups is 1.